The Kier molecular flexibility index (Phi) is 4.96. The minimum absolute atomic E-state index is 0.101. The van der Waals surface area contributed by atoms with Crippen LogP contribution in [0.1, 0.15) is 19.3 Å². The number of amides is 1. The molecule has 17 heavy (non-hydrogen) atoms. The van der Waals surface area contributed by atoms with E-state index in [0.29, 0.717) is 0 Å². The van der Waals surface area contributed by atoms with E-state index in [2.05, 4.69) is 10.3 Å². The molecule has 6 heteroatoms. The van der Waals surface area contributed by atoms with Gasteiger partial charge >= 0.3 is 5.92 Å². The molecule has 0 bridgehead atoms. The van der Waals surface area contributed by atoms with Crippen molar-refractivity contribution >= 4 is 11.6 Å². The number of anilines is 1. The van der Waals surface area contributed by atoms with Crippen LogP contribution in [0.4, 0.5) is 14.5 Å². The number of pyridine rings is 1. The van der Waals surface area contributed by atoms with Crippen molar-refractivity contribution in [2.75, 3.05) is 11.9 Å². The zero-order valence-electron chi connectivity index (χ0n) is 9.20. The Balaban J connectivity index is 2.51. The lowest BCUT2D eigenvalue weighted by molar-refractivity contribution is -0.140. The molecule has 0 aliphatic heterocycles. The summed E-state index contributed by atoms with van der Waals surface area (Å²) in [5.41, 5.74) is 0.235. The highest BCUT2D eigenvalue weighted by Crippen LogP contribution is 2.23. The molecular formula is C11H14F2N2O2. The first-order valence-corrected chi connectivity index (χ1v) is 5.26. The number of rotatable bonds is 6. The van der Waals surface area contributed by atoms with Crippen molar-refractivity contribution in [3.05, 3.63) is 24.5 Å². The lowest BCUT2D eigenvalue weighted by atomic mass is 10.1. The zero-order valence-corrected chi connectivity index (χ0v) is 9.20. The van der Waals surface area contributed by atoms with Gasteiger partial charge in [-0.2, -0.15) is 8.78 Å². The second kappa shape index (κ2) is 6.24. The van der Waals surface area contributed by atoms with Crippen molar-refractivity contribution in [2.24, 2.45) is 0 Å². The van der Waals surface area contributed by atoms with E-state index in [4.69, 9.17) is 5.11 Å². The summed E-state index contributed by atoms with van der Waals surface area (Å²) in [4.78, 5) is 15.0. The molecule has 1 heterocycles. The van der Waals surface area contributed by atoms with Gasteiger partial charge in [0.15, 0.2) is 0 Å². The highest BCUT2D eigenvalue weighted by atomic mass is 19.3. The first kappa shape index (κ1) is 13.5. The summed E-state index contributed by atoms with van der Waals surface area (Å²) < 4.78 is 26.6. The first-order chi connectivity index (χ1) is 8.06. The van der Waals surface area contributed by atoms with Crippen LogP contribution in [0, 0.1) is 0 Å². The third-order valence-corrected chi connectivity index (χ3v) is 2.15. The number of nitrogens with one attached hydrogen (secondary N) is 1. The molecule has 1 rings (SSSR count). The quantitative estimate of drug-likeness (QED) is 0.750. The molecule has 94 valence electrons. The van der Waals surface area contributed by atoms with E-state index < -0.39 is 18.3 Å². The van der Waals surface area contributed by atoms with E-state index in [0.717, 1.165) is 0 Å². The number of unbranched alkanes of at least 4 members (excludes halogenated alkanes) is 1. The molecule has 0 aromatic carbocycles. The third-order valence-electron chi connectivity index (χ3n) is 2.15. The van der Waals surface area contributed by atoms with Gasteiger partial charge in [0.25, 0.3) is 5.91 Å². The molecule has 0 aliphatic rings. The summed E-state index contributed by atoms with van der Waals surface area (Å²) >= 11 is 0. The standard InChI is InChI=1S/C11H14F2N2O2/c12-11(13,5-1-2-7-16)10(17)15-9-4-3-6-14-8-9/h3-4,6,8,16H,1-2,5,7H2,(H,15,17). The van der Waals surface area contributed by atoms with Crippen LogP contribution < -0.4 is 5.32 Å². The van der Waals surface area contributed by atoms with Gasteiger partial charge in [0, 0.05) is 19.2 Å². The molecule has 1 aromatic rings. The molecule has 2 N–H and O–H groups in total. The fourth-order valence-corrected chi connectivity index (χ4v) is 1.23. The molecule has 0 spiro atoms. The van der Waals surface area contributed by atoms with E-state index in [1.54, 1.807) is 6.07 Å². The summed E-state index contributed by atoms with van der Waals surface area (Å²) in [7, 11) is 0. The zero-order chi connectivity index (χ0) is 12.7. The fraction of sp³-hybridized carbons (Fsp3) is 0.455. The highest BCUT2D eigenvalue weighted by molar-refractivity contribution is 5.95. The van der Waals surface area contributed by atoms with E-state index in [-0.39, 0.29) is 25.1 Å². The third kappa shape index (κ3) is 4.44. The Labute approximate surface area is 97.7 Å². The molecule has 0 atom stereocenters. The van der Waals surface area contributed by atoms with Crippen molar-refractivity contribution < 1.29 is 18.7 Å². The Morgan fingerprint density at radius 3 is 2.82 bits per heavy atom. The predicted molar refractivity (Wildman–Crippen MR) is 58.8 cm³/mol. The van der Waals surface area contributed by atoms with Gasteiger partial charge in [0.05, 0.1) is 11.9 Å². The Morgan fingerprint density at radius 1 is 1.47 bits per heavy atom. The van der Waals surface area contributed by atoms with Crippen LogP contribution in [-0.4, -0.2) is 28.5 Å². The van der Waals surface area contributed by atoms with E-state index in [1.807, 2.05) is 0 Å². The topological polar surface area (TPSA) is 62.2 Å². The van der Waals surface area contributed by atoms with Gasteiger partial charge in [-0.3, -0.25) is 9.78 Å². The van der Waals surface area contributed by atoms with Crippen molar-refractivity contribution in [1.29, 1.82) is 0 Å². The fourth-order valence-electron chi connectivity index (χ4n) is 1.23. The Morgan fingerprint density at radius 2 is 2.24 bits per heavy atom. The summed E-state index contributed by atoms with van der Waals surface area (Å²) in [5.74, 6) is -4.77. The van der Waals surface area contributed by atoms with E-state index >= 15 is 0 Å². The number of hydrogen-bond donors (Lipinski definition) is 2. The lowest BCUT2D eigenvalue weighted by Crippen LogP contribution is -2.34. The second-order valence-corrected chi connectivity index (χ2v) is 3.58. The number of carbonyl (C=O) groups excluding carboxylic acids is 1. The Bertz CT molecular complexity index is 358. The summed E-state index contributed by atoms with van der Waals surface area (Å²) in [6.07, 6.45) is 2.57. The van der Waals surface area contributed by atoms with E-state index in [1.165, 1.54) is 18.5 Å². The van der Waals surface area contributed by atoms with Gasteiger partial charge in [0.2, 0.25) is 0 Å². The molecule has 0 saturated carbocycles. The number of hydrogen-bond acceptors (Lipinski definition) is 3. The SMILES string of the molecule is O=C(Nc1cccnc1)C(F)(F)CCCCO. The molecule has 0 aliphatic carbocycles. The van der Waals surface area contributed by atoms with E-state index in [9.17, 15) is 13.6 Å². The van der Waals surface area contributed by atoms with Crippen LogP contribution in [0.5, 0.6) is 0 Å². The molecule has 0 unspecified atom stereocenters. The number of nitrogens with zero attached hydrogens (tertiary/aromatic N) is 1. The van der Waals surface area contributed by atoms with Crippen molar-refractivity contribution in [3.63, 3.8) is 0 Å². The smallest absolute Gasteiger partial charge is 0.324 e. The minimum Gasteiger partial charge on any atom is -0.396 e. The molecule has 0 radical (unpaired) electrons. The van der Waals surface area contributed by atoms with Crippen LogP contribution in [0.25, 0.3) is 0 Å². The van der Waals surface area contributed by atoms with Crippen LogP contribution in [0.2, 0.25) is 0 Å². The van der Waals surface area contributed by atoms with Gasteiger partial charge in [-0.05, 0) is 25.0 Å². The number of carbonyl (C=O) groups is 1. The van der Waals surface area contributed by atoms with Crippen molar-refractivity contribution in [2.45, 2.75) is 25.2 Å². The second-order valence-electron chi connectivity index (χ2n) is 3.58. The van der Waals surface area contributed by atoms with Gasteiger partial charge in [-0.25, -0.2) is 0 Å². The van der Waals surface area contributed by atoms with Crippen LogP contribution in [-0.2, 0) is 4.79 Å². The minimum atomic E-state index is -3.43. The monoisotopic (exact) mass is 244 g/mol. The maximum atomic E-state index is 13.3. The number of aromatic nitrogens is 1. The molecule has 1 amide bonds. The predicted octanol–water partition coefficient (Wildman–Crippen LogP) is 1.82. The van der Waals surface area contributed by atoms with Crippen molar-refractivity contribution in [1.82, 2.24) is 4.98 Å². The van der Waals surface area contributed by atoms with Crippen LogP contribution in [0.15, 0.2) is 24.5 Å². The van der Waals surface area contributed by atoms with Crippen molar-refractivity contribution in [3.8, 4) is 0 Å². The summed E-state index contributed by atoms with van der Waals surface area (Å²) in [5, 5.41) is 10.6. The summed E-state index contributed by atoms with van der Waals surface area (Å²) in [6, 6.07) is 3.02. The molecular weight excluding hydrogens is 230 g/mol. The lowest BCUT2D eigenvalue weighted by Gasteiger charge is -2.15. The average Bonchev–Trinajstić information content (AvgIpc) is 2.30. The van der Waals surface area contributed by atoms with Gasteiger partial charge in [-0.15, -0.1) is 0 Å². The molecule has 0 fully saturated rings. The normalized spacial score (nSPS) is 11.2. The molecule has 0 saturated heterocycles. The van der Waals surface area contributed by atoms with Gasteiger partial charge < -0.3 is 10.4 Å². The maximum absolute atomic E-state index is 13.3. The van der Waals surface area contributed by atoms with Crippen LogP contribution >= 0.6 is 0 Å². The van der Waals surface area contributed by atoms with Crippen LogP contribution in [0.3, 0.4) is 0 Å². The first-order valence-electron chi connectivity index (χ1n) is 5.26. The Hall–Kier alpha value is -1.56. The van der Waals surface area contributed by atoms with Gasteiger partial charge in [-0.1, -0.05) is 0 Å². The number of aliphatic hydroxyl groups is 1. The number of halogens is 2. The highest BCUT2D eigenvalue weighted by Gasteiger charge is 2.37. The maximum Gasteiger partial charge on any atom is 0.324 e. The summed E-state index contributed by atoms with van der Waals surface area (Å²) in [6.45, 7) is -0.152. The molecule has 4 nitrogen and oxygen atoms in total. The van der Waals surface area contributed by atoms with Gasteiger partial charge in [0.1, 0.15) is 0 Å². The number of aliphatic hydroxyl groups excluding tert-OH is 1. The average molecular weight is 244 g/mol. The number of alkyl halides is 2. The largest absolute Gasteiger partial charge is 0.396 e. The molecule has 1 aromatic heterocycles.